The second-order valence-electron chi connectivity index (χ2n) is 6.73. The van der Waals surface area contributed by atoms with Crippen molar-refractivity contribution in [3.63, 3.8) is 0 Å². The molecule has 0 N–H and O–H groups in total. The number of nitrogens with zero attached hydrogens (tertiary/aromatic N) is 1. The molecule has 2 heteroatoms. The highest BCUT2D eigenvalue weighted by Gasteiger charge is 2.28. The fraction of sp³-hybridized carbons (Fsp3) is 0.556. The van der Waals surface area contributed by atoms with Crippen molar-refractivity contribution in [3.8, 4) is 11.8 Å². The summed E-state index contributed by atoms with van der Waals surface area (Å²) in [7, 11) is 0. The van der Waals surface area contributed by atoms with Gasteiger partial charge in [0.2, 0.25) is 0 Å². The van der Waals surface area contributed by atoms with E-state index in [1.807, 2.05) is 0 Å². The number of piperidine rings is 1. The minimum absolute atomic E-state index is 0.209. The average molecular weight is 273 g/mol. The van der Waals surface area contributed by atoms with Gasteiger partial charge in [-0.05, 0) is 61.5 Å². The molecule has 0 unspecified atom stereocenters. The lowest BCUT2D eigenvalue weighted by Gasteiger charge is -2.38. The second kappa shape index (κ2) is 6.41. The number of hydrogen-bond donors (Lipinski definition) is 0. The van der Waals surface area contributed by atoms with Crippen LogP contribution in [0.1, 0.15) is 39.2 Å². The molecule has 0 atom stereocenters. The van der Waals surface area contributed by atoms with Gasteiger partial charge in [0.15, 0.2) is 0 Å². The zero-order valence-electron chi connectivity index (χ0n) is 12.7. The first-order valence-electron chi connectivity index (χ1n) is 7.42. The first-order chi connectivity index (χ1) is 9.45. The van der Waals surface area contributed by atoms with Gasteiger partial charge in [-0.15, -0.1) is 0 Å². The Bertz CT molecular complexity index is 479. The molecule has 0 aliphatic carbocycles. The quantitative estimate of drug-likeness (QED) is 0.701. The molecule has 0 spiro atoms. The maximum absolute atomic E-state index is 12.8. The zero-order chi connectivity index (χ0) is 14.6. The molecule has 1 fully saturated rings. The van der Waals surface area contributed by atoms with Crippen molar-refractivity contribution in [1.82, 2.24) is 4.90 Å². The van der Waals surface area contributed by atoms with Crippen molar-refractivity contribution in [1.29, 1.82) is 0 Å². The number of halogens is 1. The zero-order valence-corrected chi connectivity index (χ0v) is 12.7. The van der Waals surface area contributed by atoms with E-state index < -0.39 is 0 Å². The topological polar surface area (TPSA) is 3.24 Å². The normalized spacial score (nSPS) is 17.6. The lowest BCUT2D eigenvalue weighted by atomic mass is 9.75. The van der Waals surface area contributed by atoms with Crippen LogP contribution in [0, 0.1) is 29.0 Å². The molecule has 0 bridgehead atoms. The fourth-order valence-corrected chi connectivity index (χ4v) is 2.74. The van der Waals surface area contributed by atoms with Crippen molar-refractivity contribution in [3.05, 3.63) is 35.6 Å². The van der Waals surface area contributed by atoms with E-state index in [0.717, 1.165) is 31.1 Å². The summed E-state index contributed by atoms with van der Waals surface area (Å²) in [6, 6.07) is 6.38. The van der Waals surface area contributed by atoms with Crippen LogP contribution in [0.25, 0.3) is 0 Å². The highest BCUT2D eigenvalue weighted by atomic mass is 19.1. The summed E-state index contributed by atoms with van der Waals surface area (Å²) in [6.07, 6.45) is 2.53. The minimum atomic E-state index is -0.209. The smallest absolute Gasteiger partial charge is 0.123 e. The van der Waals surface area contributed by atoms with Crippen molar-refractivity contribution in [2.45, 2.75) is 33.6 Å². The van der Waals surface area contributed by atoms with Gasteiger partial charge >= 0.3 is 0 Å². The minimum Gasteiger partial charge on any atom is -0.292 e. The van der Waals surface area contributed by atoms with Crippen LogP contribution in [0.4, 0.5) is 4.39 Å². The van der Waals surface area contributed by atoms with Gasteiger partial charge in [-0.25, -0.2) is 4.39 Å². The molecule has 1 aromatic carbocycles. The summed E-state index contributed by atoms with van der Waals surface area (Å²) in [5.74, 6) is 6.91. The third-order valence-electron chi connectivity index (χ3n) is 4.19. The number of benzene rings is 1. The molecule has 20 heavy (non-hydrogen) atoms. The summed E-state index contributed by atoms with van der Waals surface area (Å²) < 4.78 is 12.8. The SMILES string of the molecule is CC(C)(C)C1CCN(CC#Cc2ccc(F)cc2)CC1. The third-order valence-corrected chi connectivity index (χ3v) is 4.19. The van der Waals surface area contributed by atoms with E-state index in [-0.39, 0.29) is 5.82 Å². The van der Waals surface area contributed by atoms with Crippen LogP contribution in [0.5, 0.6) is 0 Å². The Labute approximate surface area is 122 Å². The molecule has 1 saturated heterocycles. The Balaban J connectivity index is 1.81. The first-order valence-corrected chi connectivity index (χ1v) is 7.42. The summed E-state index contributed by atoms with van der Waals surface area (Å²) in [6.45, 7) is 10.1. The second-order valence-corrected chi connectivity index (χ2v) is 6.73. The lowest BCUT2D eigenvalue weighted by Crippen LogP contribution is -2.38. The molecule has 0 saturated carbocycles. The van der Waals surface area contributed by atoms with Crippen LogP contribution in [0.15, 0.2) is 24.3 Å². The lowest BCUT2D eigenvalue weighted by molar-refractivity contribution is 0.121. The monoisotopic (exact) mass is 273 g/mol. The third kappa shape index (κ3) is 4.35. The predicted molar refractivity (Wildman–Crippen MR) is 81.9 cm³/mol. The van der Waals surface area contributed by atoms with E-state index in [1.165, 1.54) is 25.0 Å². The van der Waals surface area contributed by atoms with E-state index >= 15 is 0 Å². The molecule has 0 amide bonds. The number of hydrogen-bond acceptors (Lipinski definition) is 1. The van der Waals surface area contributed by atoms with Crippen molar-refractivity contribution < 1.29 is 4.39 Å². The van der Waals surface area contributed by atoms with Gasteiger partial charge in [0.1, 0.15) is 5.82 Å². The Morgan fingerprint density at radius 1 is 1.15 bits per heavy atom. The summed E-state index contributed by atoms with van der Waals surface area (Å²) in [5.41, 5.74) is 1.31. The Morgan fingerprint density at radius 3 is 2.30 bits per heavy atom. The summed E-state index contributed by atoms with van der Waals surface area (Å²) in [4.78, 5) is 2.42. The van der Waals surface area contributed by atoms with Gasteiger partial charge in [0.25, 0.3) is 0 Å². The first kappa shape index (κ1) is 15.1. The Hall–Kier alpha value is -1.33. The highest BCUT2D eigenvalue weighted by molar-refractivity contribution is 5.34. The highest BCUT2D eigenvalue weighted by Crippen LogP contribution is 2.33. The maximum Gasteiger partial charge on any atom is 0.123 e. The fourth-order valence-electron chi connectivity index (χ4n) is 2.74. The predicted octanol–water partition coefficient (Wildman–Crippen LogP) is 3.94. The molecule has 108 valence electrons. The molecule has 0 aromatic heterocycles. The summed E-state index contributed by atoms with van der Waals surface area (Å²) >= 11 is 0. The van der Waals surface area contributed by atoms with Crippen LogP contribution >= 0.6 is 0 Å². The van der Waals surface area contributed by atoms with E-state index in [9.17, 15) is 4.39 Å². The van der Waals surface area contributed by atoms with Crippen molar-refractivity contribution in [2.75, 3.05) is 19.6 Å². The Kier molecular flexibility index (Phi) is 4.83. The molecule has 1 heterocycles. The van der Waals surface area contributed by atoms with Gasteiger partial charge in [-0.1, -0.05) is 32.6 Å². The van der Waals surface area contributed by atoms with E-state index in [4.69, 9.17) is 0 Å². The maximum atomic E-state index is 12.8. The molecular formula is C18H24FN. The Morgan fingerprint density at radius 2 is 1.75 bits per heavy atom. The summed E-state index contributed by atoms with van der Waals surface area (Å²) in [5, 5.41) is 0. The molecule has 1 aliphatic heterocycles. The van der Waals surface area contributed by atoms with Crippen molar-refractivity contribution in [2.24, 2.45) is 11.3 Å². The van der Waals surface area contributed by atoms with Crippen LogP contribution in [-0.2, 0) is 0 Å². The van der Waals surface area contributed by atoms with E-state index in [2.05, 4.69) is 37.5 Å². The number of rotatable bonds is 1. The van der Waals surface area contributed by atoms with Crippen LogP contribution < -0.4 is 0 Å². The van der Waals surface area contributed by atoms with Gasteiger partial charge in [-0.3, -0.25) is 4.90 Å². The van der Waals surface area contributed by atoms with Crippen LogP contribution in [-0.4, -0.2) is 24.5 Å². The van der Waals surface area contributed by atoms with Crippen LogP contribution in [0.2, 0.25) is 0 Å². The van der Waals surface area contributed by atoms with Gasteiger partial charge < -0.3 is 0 Å². The van der Waals surface area contributed by atoms with Gasteiger partial charge in [0.05, 0.1) is 6.54 Å². The van der Waals surface area contributed by atoms with E-state index in [0.29, 0.717) is 5.41 Å². The number of likely N-dealkylation sites (tertiary alicyclic amines) is 1. The molecular weight excluding hydrogens is 249 g/mol. The molecule has 0 radical (unpaired) electrons. The van der Waals surface area contributed by atoms with Gasteiger partial charge in [-0.2, -0.15) is 0 Å². The van der Waals surface area contributed by atoms with Crippen LogP contribution in [0.3, 0.4) is 0 Å². The molecule has 1 aromatic rings. The molecule has 1 aliphatic rings. The largest absolute Gasteiger partial charge is 0.292 e. The molecule has 2 rings (SSSR count). The standard InChI is InChI=1S/C18H24FN/c1-18(2,3)16-10-13-20(14-11-16)12-4-5-15-6-8-17(19)9-7-15/h6-9,16H,10-14H2,1-3H3. The van der Waals surface area contributed by atoms with Crippen molar-refractivity contribution >= 4 is 0 Å². The molecule has 1 nitrogen and oxygen atoms in total. The average Bonchev–Trinajstić information content (AvgIpc) is 2.41. The van der Waals surface area contributed by atoms with E-state index in [1.54, 1.807) is 12.1 Å². The van der Waals surface area contributed by atoms with Gasteiger partial charge in [0, 0.05) is 5.56 Å².